The minimum absolute atomic E-state index is 0.0950. The molecule has 2 amide bonds. The van der Waals surface area contributed by atoms with Crippen LogP contribution in [0.25, 0.3) is 6.08 Å². The Bertz CT molecular complexity index is 944. The van der Waals surface area contributed by atoms with Gasteiger partial charge in [-0.05, 0) is 48.0 Å². The quantitative estimate of drug-likeness (QED) is 0.435. The third-order valence-electron chi connectivity index (χ3n) is 4.40. The molecule has 0 bridgehead atoms. The molecule has 1 heterocycles. The first-order valence-electron chi connectivity index (χ1n) is 9.33. The van der Waals surface area contributed by atoms with Crippen LogP contribution >= 0.6 is 11.8 Å². The van der Waals surface area contributed by atoms with Gasteiger partial charge in [-0.15, -0.1) is 0 Å². The van der Waals surface area contributed by atoms with Crippen LogP contribution in [0.5, 0.6) is 11.5 Å². The summed E-state index contributed by atoms with van der Waals surface area (Å²) < 4.78 is 25.0. The lowest BCUT2D eigenvalue weighted by atomic mass is 10.1. The number of nitrogens with zero attached hydrogens (tertiary/aromatic N) is 1. The molecular weight excluding hydrogens is 393 g/mol. The summed E-state index contributed by atoms with van der Waals surface area (Å²) in [4.78, 5) is 26.3. The lowest BCUT2D eigenvalue weighted by Gasteiger charge is -2.13. The molecule has 0 N–H and O–H groups in total. The van der Waals surface area contributed by atoms with Gasteiger partial charge in [0.05, 0.1) is 25.2 Å². The zero-order valence-corrected chi connectivity index (χ0v) is 17.1. The molecule has 5 nitrogen and oxygen atoms in total. The molecular formula is C22H22FNO4S. The average Bonchev–Trinajstić information content (AvgIpc) is 2.98. The first kappa shape index (κ1) is 20.9. The Morgan fingerprint density at radius 1 is 1.14 bits per heavy atom. The van der Waals surface area contributed by atoms with E-state index in [4.69, 9.17) is 9.47 Å². The van der Waals surface area contributed by atoms with Crippen LogP contribution in [0.15, 0.2) is 47.4 Å². The molecule has 0 radical (unpaired) electrons. The van der Waals surface area contributed by atoms with Crippen molar-refractivity contribution < 1.29 is 23.5 Å². The monoisotopic (exact) mass is 415 g/mol. The molecule has 0 spiro atoms. The molecule has 0 atom stereocenters. The van der Waals surface area contributed by atoms with E-state index in [1.807, 2.05) is 0 Å². The molecule has 29 heavy (non-hydrogen) atoms. The van der Waals surface area contributed by atoms with Gasteiger partial charge in [0.1, 0.15) is 5.82 Å². The standard InChI is InChI=1S/C22H22FNO4S/c1-3-4-11-28-18-10-9-15(12-19(18)27-2)13-20-21(25)24(22(26)29-20)14-16-7-5-6-8-17(16)23/h5-10,12-13H,3-4,11,14H2,1-2H3/b20-13-. The molecule has 2 aromatic carbocycles. The summed E-state index contributed by atoms with van der Waals surface area (Å²) in [7, 11) is 1.55. The molecule has 2 aromatic rings. The second-order valence-electron chi connectivity index (χ2n) is 6.47. The van der Waals surface area contributed by atoms with E-state index >= 15 is 0 Å². The van der Waals surface area contributed by atoms with E-state index in [1.54, 1.807) is 49.6 Å². The number of benzene rings is 2. The van der Waals surface area contributed by atoms with Crippen LogP contribution in [-0.2, 0) is 11.3 Å². The maximum Gasteiger partial charge on any atom is 0.293 e. The molecule has 1 fully saturated rings. The van der Waals surface area contributed by atoms with E-state index < -0.39 is 17.0 Å². The molecule has 7 heteroatoms. The van der Waals surface area contributed by atoms with Crippen molar-refractivity contribution in [3.63, 3.8) is 0 Å². The Morgan fingerprint density at radius 3 is 2.66 bits per heavy atom. The van der Waals surface area contributed by atoms with Crippen LogP contribution in [0.1, 0.15) is 30.9 Å². The fourth-order valence-corrected chi connectivity index (χ4v) is 3.64. The van der Waals surface area contributed by atoms with E-state index in [9.17, 15) is 14.0 Å². The summed E-state index contributed by atoms with van der Waals surface area (Å²) in [6.07, 6.45) is 3.61. The molecule has 152 valence electrons. The van der Waals surface area contributed by atoms with E-state index in [-0.39, 0.29) is 11.4 Å². The average molecular weight is 415 g/mol. The number of unbranched alkanes of at least 4 members (excludes halogenated alkanes) is 1. The van der Waals surface area contributed by atoms with Gasteiger partial charge in [-0.25, -0.2) is 4.39 Å². The molecule has 1 aliphatic heterocycles. The molecule has 1 aliphatic rings. The molecule has 0 aromatic heterocycles. The SMILES string of the molecule is CCCCOc1ccc(/C=C2\SC(=O)N(Cc3ccccc3F)C2=O)cc1OC. The molecule has 0 aliphatic carbocycles. The van der Waals surface area contributed by atoms with Gasteiger partial charge in [-0.2, -0.15) is 0 Å². The third-order valence-corrected chi connectivity index (χ3v) is 5.31. The highest BCUT2D eigenvalue weighted by Gasteiger charge is 2.35. The number of amides is 2. The van der Waals surface area contributed by atoms with Crippen molar-refractivity contribution in [1.29, 1.82) is 0 Å². The van der Waals surface area contributed by atoms with Crippen LogP contribution in [0.2, 0.25) is 0 Å². The van der Waals surface area contributed by atoms with Crippen molar-refractivity contribution in [2.75, 3.05) is 13.7 Å². The van der Waals surface area contributed by atoms with Crippen LogP contribution in [0, 0.1) is 5.82 Å². The van der Waals surface area contributed by atoms with Crippen molar-refractivity contribution >= 4 is 29.0 Å². The Balaban J connectivity index is 1.77. The number of hydrogen-bond donors (Lipinski definition) is 0. The number of halogens is 1. The maximum atomic E-state index is 13.9. The third kappa shape index (κ3) is 4.98. The summed E-state index contributed by atoms with van der Waals surface area (Å²) in [5, 5.41) is -0.420. The number of thioether (sulfide) groups is 1. The smallest absolute Gasteiger partial charge is 0.293 e. The normalized spacial score (nSPS) is 15.3. The van der Waals surface area contributed by atoms with Crippen LogP contribution < -0.4 is 9.47 Å². The molecule has 0 saturated carbocycles. The molecule has 1 saturated heterocycles. The summed E-state index contributed by atoms with van der Waals surface area (Å²) >= 11 is 0.840. The number of imide groups is 1. The van der Waals surface area contributed by atoms with Gasteiger partial charge in [0, 0.05) is 5.56 Å². The van der Waals surface area contributed by atoms with Crippen molar-refractivity contribution in [2.45, 2.75) is 26.3 Å². The van der Waals surface area contributed by atoms with E-state index in [2.05, 4.69) is 6.92 Å². The van der Waals surface area contributed by atoms with Gasteiger partial charge in [-0.1, -0.05) is 37.6 Å². The number of hydrogen-bond acceptors (Lipinski definition) is 5. The highest BCUT2D eigenvalue weighted by Crippen LogP contribution is 2.35. The minimum Gasteiger partial charge on any atom is -0.493 e. The van der Waals surface area contributed by atoms with Crippen LogP contribution in [-0.4, -0.2) is 29.8 Å². The minimum atomic E-state index is -0.445. The first-order chi connectivity index (χ1) is 14.0. The summed E-state index contributed by atoms with van der Waals surface area (Å²) in [5.74, 6) is 0.301. The zero-order chi connectivity index (χ0) is 20.8. The number of carbonyl (C=O) groups excluding carboxylic acids is 2. The Kier molecular flexibility index (Phi) is 6.93. The van der Waals surface area contributed by atoms with Crippen molar-refractivity contribution in [2.24, 2.45) is 0 Å². The van der Waals surface area contributed by atoms with E-state index in [0.717, 1.165) is 29.5 Å². The predicted molar refractivity (Wildman–Crippen MR) is 111 cm³/mol. The summed E-state index contributed by atoms with van der Waals surface area (Å²) in [6.45, 7) is 2.59. The topological polar surface area (TPSA) is 55.8 Å². The second kappa shape index (κ2) is 9.60. The largest absolute Gasteiger partial charge is 0.493 e. The van der Waals surface area contributed by atoms with Gasteiger partial charge < -0.3 is 9.47 Å². The van der Waals surface area contributed by atoms with Gasteiger partial charge in [0.15, 0.2) is 11.5 Å². The van der Waals surface area contributed by atoms with E-state index in [0.29, 0.717) is 29.2 Å². The van der Waals surface area contributed by atoms with Crippen molar-refractivity contribution in [3.05, 3.63) is 64.3 Å². The van der Waals surface area contributed by atoms with Gasteiger partial charge in [0.2, 0.25) is 0 Å². The number of carbonyl (C=O) groups is 2. The van der Waals surface area contributed by atoms with Gasteiger partial charge >= 0.3 is 0 Å². The maximum absolute atomic E-state index is 13.9. The van der Waals surface area contributed by atoms with Crippen molar-refractivity contribution in [3.8, 4) is 11.5 Å². The number of ether oxygens (including phenoxy) is 2. The Hall–Kier alpha value is -2.80. The molecule has 0 unspecified atom stereocenters. The van der Waals surface area contributed by atoms with Gasteiger partial charge in [-0.3, -0.25) is 14.5 Å². The van der Waals surface area contributed by atoms with Crippen LogP contribution in [0.4, 0.5) is 9.18 Å². The Morgan fingerprint density at radius 2 is 1.93 bits per heavy atom. The summed E-state index contributed by atoms with van der Waals surface area (Å²) in [6, 6.07) is 11.4. The highest BCUT2D eigenvalue weighted by molar-refractivity contribution is 8.18. The van der Waals surface area contributed by atoms with E-state index in [1.165, 1.54) is 6.07 Å². The molecule has 3 rings (SSSR count). The lowest BCUT2D eigenvalue weighted by Crippen LogP contribution is -2.27. The highest BCUT2D eigenvalue weighted by atomic mass is 32.2. The summed E-state index contributed by atoms with van der Waals surface area (Å²) in [5.41, 5.74) is 1.01. The number of methoxy groups -OCH3 is 1. The first-order valence-corrected chi connectivity index (χ1v) is 10.1. The number of rotatable bonds is 8. The van der Waals surface area contributed by atoms with Crippen molar-refractivity contribution in [1.82, 2.24) is 4.90 Å². The zero-order valence-electron chi connectivity index (χ0n) is 16.3. The van der Waals surface area contributed by atoms with Gasteiger partial charge in [0.25, 0.3) is 11.1 Å². The Labute approximate surface area is 173 Å². The lowest BCUT2D eigenvalue weighted by molar-refractivity contribution is -0.123. The van der Waals surface area contributed by atoms with Crippen LogP contribution in [0.3, 0.4) is 0 Å². The second-order valence-corrected chi connectivity index (χ2v) is 7.46. The predicted octanol–water partition coefficient (Wildman–Crippen LogP) is 5.25. The fraction of sp³-hybridized carbons (Fsp3) is 0.273. The fourth-order valence-electron chi connectivity index (χ4n) is 2.80.